The molecule has 0 bridgehead atoms. The van der Waals surface area contributed by atoms with Crippen LogP contribution in [-0.2, 0) is 6.54 Å². The van der Waals surface area contributed by atoms with Gasteiger partial charge in [0.25, 0.3) is 0 Å². The van der Waals surface area contributed by atoms with Gasteiger partial charge in [0.1, 0.15) is 5.75 Å². The van der Waals surface area contributed by atoms with E-state index in [1.54, 1.807) is 31.5 Å². The van der Waals surface area contributed by atoms with Crippen molar-refractivity contribution in [3.63, 3.8) is 0 Å². The second kappa shape index (κ2) is 7.75. The van der Waals surface area contributed by atoms with Crippen molar-refractivity contribution >= 4 is 17.5 Å². The molecule has 124 valence electrons. The number of benzene rings is 2. The van der Waals surface area contributed by atoms with Gasteiger partial charge in [-0.2, -0.15) is 15.3 Å². The van der Waals surface area contributed by atoms with Gasteiger partial charge in [-0.1, -0.05) is 18.2 Å². The average molecular weight is 332 g/mol. The topological polar surface area (TPSA) is 95.8 Å². The van der Waals surface area contributed by atoms with E-state index in [0.717, 1.165) is 17.0 Å². The molecule has 7 nitrogen and oxygen atoms in total. The summed E-state index contributed by atoms with van der Waals surface area (Å²) in [6, 6.07) is 16.9. The normalized spacial score (nSPS) is 9.92. The minimum absolute atomic E-state index is 0.356. The standard InChI is InChI=1S/C18H16N6O/c1-25-16-7-5-13(6-8-16)11-20-17-12-21-24-18(23-17)22-15-4-2-3-14(9-15)10-19/h2-9,12H,11H2,1H3,(H2,20,22,23,24). The van der Waals surface area contributed by atoms with Crippen molar-refractivity contribution in [2.75, 3.05) is 17.7 Å². The molecule has 0 aliphatic rings. The Morgan fingerprint density at radius 1 is 1.16 bits per heavy atom. The fourth-order valence-corrected chi connectivity index (χ4v) is 2.17. The van der Waals surface area contributed by atoms with Crippen LogP contribution >= 0.6 is 0 Å². The third-order valence-electron chi connectivity index (χ3n) is 3.44. The molecule has 0 amide bonds. The monoisotopic (exact) mass is 332 g/mol. The molecule has 0 unspecified atom stereocenters. The zero-order valence-corrected chi connectivity index (χ0v) is 13.6. The summed E-state index contributed by atoms with van der Waals surface area (Å²) in [5.74, 6) is 1.78. The van der Waals surface area contributed by atoms with Gasteiger partial charge in [0.05, 0.1) is 24.9 Å². The van der Waals surface area contributed by atoms with Gasteiger partial charge in [-0.15, -0.1) is 5.10 Å². The lowest BCUT2D eigenvalue weighted by Gasteiger charge is -2.08. The predicted octanol–water partition coefficient (Wildman–Crippen LogP) is 3.11. The van der Waals surface area contributed by atoms with Crippen molar-refractivity contribution in [3.05, 3.63) is 65.9 Å². The van der Waals surface area contributed by atoms with Gasteiger partial charge in [0.2, 0.25) is 5.95 Å². The molecule has 0 aliphatic heterocycles. The number of nitrogens with one attached hydrogen (secondary N) is 2. The summed E-state index contributed by atoms with van der Waals surface area (Å²) in [7, 11) is 1.64. The van der Waals surface area contributed by atoms with E-state index >= 15 is 0 Å². The quantitative estimate of drug-likeness (QED) is 0.716. The SMILES string of the molecule is COc1ccc(CNc2cnnc(Nc3cccc(C#N)c3)n2)cc1. The Hall–Kier alpha value is -3.66. The minimum Gasteiger partial charge on any atom is -0.497 e. The summed E-state index contributed by atoms with van der Waals surface area (Å²) in [5.41, 5.74) is 2.38. The lowest BCUT2D eigenvalue weighted by molar-refractivity contribution is 0.414. The molecule has 1 aromatic heterocycles. The zero-order chi connectivity index (χ0) is 17.5. The molecule has 7 heteroatoms. The number of nitrogens with zero attached hydrogens (tertiary/aromatic N) is 4. The maximum atomic E-state index is 8.94. The molecular formula is C18H16N6O. The third-order valence-corrected chi connectivity index (χ3v) is 3.44. The van der Waals surface area contributed by atoms with Crippen molar-refractivity contribution in [1.29, 1.82) is 5.26 Å². The maximum absolute atomic E-state index is 8.94. The van der Waals surface area contributed by atoms with E-state index in [1.165, 1.54) is 0 Å². The molecule has 3 aromatic rings. The molecule has 0 atom stereocenters. The molecule has 1 heterocycles. The summed E-state index contributed by atoms with van der Waals surface area (Å²) >= 11 is 0. The molecule has 2 N–H and O–H groups in total. The zero-order valence-electron chi connectivity index (χ0n) is 13.6. The van der Waals surface area contributed by atoms with Gasteiger partial charge in [0.15, 0.2) is 5.82 Å². The number of hydrogen-bond acceptors (Lipinski definition) is 7. The molecule has 2 aromatic carbocycles. The first-order valence-electron chi connectivity index (χ1n) is 7.60. The lowest BCUT2D eigenvalue weighted by atomic mass is 10.2. The van der Waals surface area contributed by atoms with Crippen molar-refractivity contribution in [3.8, 4) is 11.8 Å². The molecule has 0 spiro atoms. The Morgan fingerprint density at radius 2 is 2.00 bits per heavy atom. The fourth-order valence-electron chi connectivity index (χ4n) is 2.17. The van der Waals surface area contributed by atoms with Crippen LogP contribution in [0.5, 0.6) is 5.75 Å². The van der Waals surface area contributed by atoms with Crippen molar-refractivity contribution < 1.29 is 4.74 Å². The Morgan fingerprint density at radius 3 is 2.76 bits per heavy atom. The Kier molecular flexibility index (Phi) is 5.02. The fraction of sp³-hybridized carbons (Fsp3) is 0.111. The number of methoxy groups -OCH3 is 1. The van der Waals surface area contributed by atoms with E-state index in [1.807, 2.05) is 30.3 Å². The van der Waals surface area contributed by atoms with Crippen LogP contribution in [-0.4, -0.2) is 22.3 Å². The van der Waals surface area contributed by atoms with Crippen LogP contribution in [0.1, 0.15) is 11.1 Å². The number of ether oxygens (including phenoxy) is 1. The first kappa shape index (κ1) is 16.2. The van der Waals surface area contributed by atoms with Gasteiger partial charge in [0, 0.05) is 12.2 Å². The van der Waals surface area contributed by atoms with Crippen LogP contribution in [0.2, 0.25) is 0 Å². The highest BCUT2D eigenvalue weighted by Crippen LogP contribution is 2.16. The van der Waals surface area contributed by atoms with Crippen molar-refractivity contribution in [1.82, 2.24) is 15.2 Å². The van der Waals surface area contributed by atoms with Crippen molar-refractivity contribution in [2.45, 2.75) is 6.54 Å². The number of hydrogen-bond donors (Lipinski definition) is 2. The average Bonchev–Trinajstić information content (AvgIpc) is 2.67. The number of nitriles is 1. The number of rotatable bonds is 6. The van der Waals surface area contributed by atoms with Crippen LogP contribution < -0.4 is 15.4 Å². The summed E-state index contributed by atoms with van der Waals surface area (Å²) in [5, 5.41) is 23.1. The van der Waals surface area contributed by atoms with Gasteiger partial charge in [-0.25, -0.2) is 0 Å². The van der Waals surface area contributed by atoms with Crippen LogP contribution in [0.15, 0.2) is 54.7 Å². The van der Waals surface area contributed by atoms with Crippen LogP contribution in [0.25, 0.3) is 0 Å². The largest absolute Gasteiger partial charge is 0.497 e. The Bertz CT molecular complexity index is 889. The van der Waals surface area contributed by atoms with Crippen LogP contribution in [0, 0.1) is 11.3 Å². The van der Waals surface area contributed by atoms with Crippen molar-refractivity contribution in [2.24, 2.45) is 0 Å². The highest BCUT2D eigenvalue weighted by atomic mass is 16.5. The molecule has 0 saturated heterocycles. The summed E-state index contributed by atoms with van der Waals surface area (Å²) < 4.78 is 5.14. The second-order valence-electron chi connectivity index (χ2n) is 5.18. The molecule has 0 saturated carbocycles. The molecule has 0 radical (unpaired) electrons. The van der Waals surface area contributed by atoms with Crippen LogP contribution in [0.3, 0.4) is 0 Å². The van der Waals surface area contributed by atoms with Gasteiger partial charge < -0.3 is 15.4 Å². The van der Waals surface area contributed by atoms with E-state index in [2.05, 4.69) is 31.9 Å². The maximum Gasteiger partial charge on any atom is 0.249 e. The van der Waals surface area contributed by atoms with Gasteiger partial charge in [-0.3, -0.25) is 0 Å². The summed E-state index contributed by atoms with van der Waals surface area (Å²) in [6.45, 7) is 0.603. The highest BCUT2D eigenvalue weighted by molar-refractivity contribution is 5.56. The van der Waals surface area contributed by atoms with E-state index < -0.39 is 0 Å². The molecular weight excluding hydrogens is 316 g/mol. The Labute approximate surface area is 145 Å². The second-order valence-corrected chi connectivity index (χ2v) is 5.18. The van der Waals surface area contributed by atoms with Gasteiger partial charge in [-0.05, 0) is 35.9 Å². The van der Waals surface area contributed by atoms with Crippen LogP contribution in [0.4, 0.5) is 17.5 Å². The van der Waals surface area contributed by atoms with E-state index in [-0.39, 0.29) is 0 Å². The smallest absolute Gasteiger partial charge is 0.249 e. The first-order chi connectivity index (χ1) is 12.3. The van der Waals surface area contributed by atoms with Gasteiger partial charge >= 0.3 is 0 Å². The first-order valence-corrected chi connectivity index (χ1v) is 7.60. The molecule has 3 rings (SSSR count). The number of anilines is 3. The molecule has 25 heavy (non-hydrogen) atoms. The third kappa shape index (κ3) is 4.42. The minimum atomic E-state index is 0.356. The van der Waals surface area contributed by atoms with E-state index in [0.29, 0.717) is 23.9 Å². The molecule has 0 fully saturated rings. The summed E-state index contributed by atoms with van der Waals surface area (Å²) in [4.78, 5) is 4.37. The molecule has 0 aliphatic carbocycles. The Balaban J connectivity index is 1.65. The lowest BCUT2D eigenvalue weighted by Crippen LogP contribution is -2.05. The predicted molar refractivity (Wildman–Crippen MR) is 94.6 cm³/mol. The number of aromatic nitrogens is 3. The van der Waals surface area contributed by atoms with E-state index in [9.17, 15) is 0 Å². The highest BCUT2D eigenvalue weighted by Gasteiger charge is 2.03. The van der Waals surface area contributed by atoms with E-state index in [4.69, 9.17) is 10.00 Å². The summed E-state index contributed by atoms with van der Waals surface area (Å²) in [6.07, 6.45) is 1.56.